The standard InChI is InChI=1S/C21H16N2O/c1-13-10-16-11-14-6-2-3-7-15(14)12-18(16)20-22-19-9-5-4-8-17(19)21(24)23(13)20/h2-9,11-13H,10H2,1H3. The lowest BCUT2D eigenvalue weighted by molar-refractivity contribution is 0.517. The molecule has 0 spiro atoms. The summed E-state index contributed by atoms with van der Waals surface area (Å²) in [5.41, 5.74) is 3.17. The predicted octanol–water partition coefficient (Wildman–Crippen LogP) is 4.33. The van der Waals surface area contributed by atoms with E-state index in [0.717, 1.165) is 23.3 Å². The number of fused-ring (bicyclic) bond motifs is 5. The van der Waals surface area contributed by atoms with Gasteiger partial charge in [0, 0.05) is 11.6 Å². The van der Waals surface area contributed by atoms with Gasteiger partial charge in [0.2, 0.25) is 0 Å². The fraction of sp³-hybridized carbons (Fsp3) is 0.143. The maximum atomic E-state index is 13.0. The van der Waals surface area contributed by atoms with Crippen LogP contribution >= 0.6 is 0 Å². The van der Waals surface area contributed by atoms with Crippen molar-refractivity contribution in [3.63, 3.8) is 0 Å². The average molecular weight is 312 g/mol. The molecule has 0 aliphatic carbocycles. The van der Waals surface area contributed by atoms with Crippen LogP contribution in [0.2, 0.25) is 0 Å². The van der Waals surface area contributed by atoms with Crippen LogP contribution < -0.4 is 5.56 Å². The van der Waals surface area contributed by atoms with Gasteiger partial charge in [-0.15, -0.1) is 0 Å². The molecule has 3 heteroatoms. The summed E-state index contributed by atoms with van der Waals surface area (Å²) < 4.78 is 1.86. The van der Waals surface area contributed by atoms with Gasteiger partial charge in [-0.25, -0.2) is 4.98 Å². The minimum absolute atomic E-state index is 0.0573. The number of hydrogen-bond acceptors (Lipinski definition) is 2. The molecule has 4 aromatic rings. The van der Waals surface area contributed by atoms with Crippen molar-refractivity contribution in [2.24, 2.45) is 0 Å². The Labute approximate surface area is 139 Å². The molecule has 0 amide bonds. The second-order valence-corrected chi connectivity index (χ2v) is 6.54. The fourth-order valence-corrected chi connectivity index (χ4v) is 3.82. The molecule has 0 N–H and O–H groups in total. The summed E-state index contributed by atoms with van der Waals surface area (Å²) in [6, 6.07) is 20.5. The minimum Gasteiger partial charge on any atom is -0.289 e. The van der Waals surface area contributed by atoms with Crippen LogP contribution in [-0.4, -0.2) is 9.55 Å². The van der Waals surface area contributed by atoms with E-state index < -0.39 is 0 Å². The van der Waals surface area contributed by atoms with E-state index >= 15 is 0 Å². The molecule has 1 aromatic heterocycles. The summed E-state index contributed by atoms with van der Waals surface area (Å²) >= 11 is 0. The number of para-hydroxylation sites is 1. The molecular formula is C21H16N2O. The number of rotatable bonds is 0. The maximum Gasteiger partial charge on any atom is 0.261 e. The maximum absolute atomic E-state index is 13.0. The third kappa shape index (κ3) is 1.78. The van der Waals surface area contributed by atoms with Crippen molar-refractivity contribution >= 4 is 21.7 Å². The van der Waals surface area contributed by atoms with Crippen molar-refractivity contribution in [2.75, 3.05) is 0 Å². The Morgan fingerprint density at radius 1 is 1.00 bits per heavy atom. The normalized spacial score (nSPS) is 16.1. The number of nitrogens with zero attached hydrogens (tertiary/aromatic N) is 2. The molecule has 3 aromatic carbocycles. The summed E-state index contributed by atoms with van der Waals surface area (Å²) in [4.78, 5) is 17.8. The molecule has 0 fully saturated rings. The van der Waals surface area contributed by atoms with Crippen LogP contribution in [-0.2, 0) is 6.42 Å². The van der Waals surface area contributed by atoms with Crippen LogP contribution in [0.25, 0.3) is 33.1 Å². The van der Waals surface area contributed by atoms with E-state index in [4.69, 9.17) is 4.98 Å². The molecule has 0 saturated heterocycles. The van der Waals surface area contributed by atoms with Gasteiger partial charge in [0.15, 0.2) is 0 Å². The first-order valence-electron chi connectivity index (χ1n) is 8.26. The van der Waals surface area contributed by atoms with Crippen molar-refractivity contribution < 1.29 is 0 Å². The molecule has 0 bridgehead atoms. The first kappa shape index (κ1) is 13.5. The molecule has 1 aliphatic rings. The monoisotopic (exact) mass is 312 g/mol. The van der Waals surface area contributed by atoms with Crippen molar-refractivity contribution in [3.8, 4) is 11.4 Å². The van der Waals surface area contributed by atoms with E-state index in [-0.39, 0.29) is 11.6 Å². The largest absolute Gasteiger partial charge is 0.289 e. The highest BCUT2D eigenvalue weighted by molar-refractivity contribution is 5.89. The molecule has 1 unspecified atom stereocenters. The van der Waals surface area contributed by atoms with Gasteiger partial charge in [0.05, 0.1) is 10.9 Å². The van der Waals surface area contributed by atoms with Crippen LogP contribution in [0.5, 0.6) is 0 Å². The van der Waals surface area contributed by atoms with Crippen LogP contribution in [0.3, 0.4) is 0 Å². The van der Waals surface area contributed by atoms with E-state index in [1.54, 1.807) is 0 Å². The Kier molecular flexibility index (Phi) is 2.69. The molecule has 5 rings (SSSR count). The highest BCUT2D eigenvalue weighted by Crippen LogP contribution is 2.35. The van der Waals surface area contributed by atoms with Gasteiger partial charge >= 0.3 is 0 Å². The van der Waals surface area contributed by atoms with Crippen molar-refractivity contribution in [1.29, 1.82) is 0 Å². The zero-order valence-corrected chi connectivity index (χ0v) is 13.4. The predicted molar refractivity (Wildman–Crippen MR) is 97.4 cm³/mol. The number of benzene rings is 3. The van der Waals surface area contributed by atoms with Crippen molar-refractivity contribution in [1.82, 2.24) is 9.55 Å². The minimum atomic E-state index is 0.0573. The number of aromatic nitrogens is 2. The topological polar surface area (TPSA) is 34.9 Å². The highest BCUT2D eigenvalue weighted by Gasteiger charge is 2.25. The molecule has 116 valence electrons. The van der Waals surface area contributed by atoms with Gasteiger partial charge in [0.25, 0.3) is 5.56 Å². The zero-order chi connectivity index (χ0) is 16.3. The van der Waals surface area contributed by atoms with E-state index in [1.165, 1.54) is 16.3 Å². The highest BCUT2D eigenvalue weighted by atomic mass is 16.1. The molecule has 1 atom stereocenters. The Morgan fingerprint density at radius 3 is 2.54 bits per heavy atom. The van der Waals surface area contributed by atoms with Crippen LogP contribution in [0.4, 0.5) is 0 Å². The van der Waals surface area contributed by atoms with Gasteiger partial charge in [-0.05, 0) is 47.9 Å². The number of hydrogen-bond donors (Lipinski definition) is 0. The van der Waals surface area contributed by atoms with E-state index in [0.29, 0.717) is 5.39 Å². The Hall–Kier alpha value is -2.94. The van der Waals surface area contributed by atoms with Crippen LogP contribution in [0.1, 0.15) is 18.5 Å². The lowest BCUT2D eigenvalue weighted by Gasteiger charge is -2.27. The summed E-state index contributed by atoms with van der Waals surface area (Å²) in [5, 5.41) is 3.11. The smallest absolute Gasteiger partial charge is 0.261 e. The second-order valence-electron chi connectivity index (χ2n) is 6.54. The molecule has 2 heterocycles. The summed E-state index contributed by atoms with van der Waals surface area (Å²) in [6.45, 7) is 2.10. The van der Waals surface area contributed by atoms with E-state index in [2.05, 4.69) is 37.3 Å². The van der Waals surface area contributed by atoms with Gasteiger partial charge in [-0.2, -0.15) is 0 Å². The van der Waals surface area contributed by atoms with Crippen LogP contribution in [0, 0.1) is 0 Å². The molecule has 0 saturated carbocycles. The zero-order valence-electron chi connectivity index (χ0n) is 13.4. The molecule has 24 heavy (non-hydrogen) atoms. The second kappa shape index (κ2) is 4.78. The van der Waals surface area contributed by atoms with Crippen molar-refractivity contribution in [2.45, 2.75) is 19.4 Å². The van der Waals surface area contributed by atoms with Crippen molar-refractivity contribution in [3.05, 3.63) is 76.6 Å². The van der Waals surface area contributed by atoms with Gasteiger partial charge in [-0.3, -0.25) is 9.36 Å². The Morgan fingerprint density at radius 2 is 1.71 bits per heavy atom. The first-order chi connectivity index (χ1) is 11.7. The summed E-state index contributed by atoms with van der Waals surface area (Å²) in [6.07, 6.45) is 0.854. The van der Waals surface area contributed by atoms with E-state index in [1.807, 2.05) is 34.9 Å². The average Bonchev–Trinajstić information content (AvgIpc) is 2.60. The lowest BCUT2D eigenvalue weighted by atomic mass is 9.92. The Bertz CT molecular complexity index is 1170. The SMILES string of the molecule is CC1Cc2cc3ccccc3cc2-c2nc3ccccc3c(=O)n21. The lowest BCUT2D eigenvalue weighted by Crippen LogP contribution is -2.30. The van der Waals surface area contributed by atoms with Gasteiger partial charge in [-0.1, -0.05) is 42.5 Å². The van der Waals surface area contributed by atoms with E-state index in [9.17, 15) is 4.79 Å². The summed E-state index contributed by atoms with van der Waals surface area (Å²) in [5.74, 6) is 0.790. The Balaban J connectivity index is 1.92. The molecule has 1 aliphatic heterocycles. The summed E-state index contributed by atoms with van der Waals surface area (Å²) in [7, 11) is 0. The third-order valence-electron chi connectivity index (χ3n) is 4.98. The molecule has 0 radical (unpaired) electrons. The fourth-order valence-electron chi connectivity index (χ4n) is 3.82. The van der Waals surface area contributed by atoms with Gasteiger partial charge < -0.3 is 0 Å². The first-order valence-corrected chi connectivity index (χ1v) is 8.26. The molecular weight excluding hydrogens is 296 g/mol. The molecule has 3 nitrogen and oxygen atoms in total. The third-order valence-corrected chi connectivity index (χ3v) is 4.98. The van der Waals surface area contributed by atoms with Gasteiger partial charge in [0.1, 0.15) is 5.82 Å². The quantitative estimate of drug-likeness (QED) is 0.484. The van der Waals surface area contributed by atoms with Crippen LogP contribution in [0.15, 0.2) is 65.5 Å².